The Kier molecular flexibility index (Phi) is 5.66. The van der Waals surface area contributed by atoms with E-state index in [1.54, 1.807) is 19.2 Å². The first-order chi connectivity index (χ1) is 7.27. The Labute approximate surface area is 95.2 Å². The topological polar surface area (TPSA) is 9.23 Å². The Morgan fingerprint density at radius 3 is 2.53 bits per heavy atom. The van der Waals surface area contributed by atoms with Gasteiger partial charge in [0.1, 0.15) is 5.82 Å². The molecule has 0 spiro atoms. The van der Waals surface area contributed by atoms with Crippen molar-refractivity contribution < 1.29 is 9.13 Å². The molecule has 0 fully saturated rings. The van der Waals surface area contributed by atoms with Gasteiger partial charge in [0.2, 0.25) is 0 Å². The fourth-order valence-corrected chi connectivity index (χ4v) is 1.87. The van der Waals surface area contributed by atoms with Crippen LogP contribution in [0.5, 0.6) is 0 Å². The van der Waals surface area contributed by atoms with E-state index in [4.69, 9.17) is 16.3 Å². The second-order valence-electron chi connectivity index (χ2n) is 3.54. The molecule has 1 unspecified atom stereocenters. The third kappa shape index (κ3) is 4.18. The van der Waals surface area contributed by atoms with E-state index in [-0.39, 0.29) is 5.82 Å². The van der Waals surface area contributed by atoms with Crippen molar-refractivity contribution in [3.63, 3.8) is 0 Å². The maximum absolute atomic E-state index is 12.7. The maximum Gasteiger partial charge on any atom is 0.123 e. The summed E-state index contributed by atoms with van der Waals surface area (Å²) in [6, 6.07) is 6.56. The zero-order valence-electron chi connectivity index (χ0n) is 8.88. The van der Waals surface area contributed by atoms with E-state index in [9.17, 15) is 4.39 Å². The molecule has 0 amide bonds. The highest BCUT2D eigenvalue weighted by atomic mass is 35.5. The van der Waals surface area contributed by atoms with Crippen LogP contribution in [0.25, 0.3) is 0 Å². The lowest BCUT2D eigenvalue weighted by Crippen LogP contribution is -2.02. The van der Waals surface area contributed by atoms with Crippen LogP contribution in [0.2, 0.25) is 0 Å². The first kappa shape index (κ1) is 12.5. The molecule has 1 nitrogen and oxygen atoms in total. The van der Waals surface area contributed by atoms with E-state index in [1.165, 1.54) is 12.1 Å². The first-order valence-electron chi connectivity index (χ1n) is 5.08. The molecule has 0 saturated carbocycles. The second kappa shape index (κ2) is 6.81. The molecule has 0 aliphatic rings. The Morgan fingerprint density at radius 2 is 2.00 bits per heavy atom. The molecular formula is C12H16ClFO. The molecule has 1 rings (SSSR count). The van der Waals surface area contributed by atoms with E-state index >= 15 is 0 Å². The van der Waals surface area contributed by atoms with Gasteiger partial charge in [0.15, 0.2) is 0 Å². The fourth-order valence-electron chi connectivity index (χ4n) is 1.54. The summed E-state index contributed by atoms with van der Waals surface area (Å²) in [6.07, 6.45) is 1.95. The Bertz CT molecular complexity index is 273. The van der Waals surface area contributed by atoms with Gasteiger partial charge in [-0.3, -0.25) is 0 Å². The summed E-state index contributed by atoms with van der Waals surface area (Å²) in [5.41, 5.74) is 1.10. The molecule has 0 aromatic heterocycles. The van der Waals surface area contributed by atoms with Gasteiger partial charge in [-0.25, -0.2) is 4.39 Å². The normalized spacial score (nSPS) is 12.7. The van der Waals surface area contributed by atoms with Gasteiger partial charge in [0.05, 0.1) is 0 Å². The summed E-state index contributed by atoms with van der Waals surface area (Å²) < 4.78 is 17.7. The lowest BCUT2D eigenvalue weighted by Gasteiger charge is -2.13. The van der Waals surface area contributed by atoms with E-state index < -0.39 is 0 Å². The van der Waals surface area contributed by atoms with Crippen molar-refractivity contribution in [2.45, 2.75) is 18.8 Å². The predicted octanol–water partition coefficient (Wildman–Crippen LogP) is 3.57. The molecule has 0 N–H and O–H groups in total. The van der Waals surface area contributed by atoms with Crippen LogP contribution in [0.3, 0.4) is 0 Å². The van der Waals surface area contributed by atoms with Gasteiger partial charge in [-0.05, 0) is 36.5 Å². The minimum Gasteiger partial charge on any atom is -0.385 e. The highest BCUT2D eigenvalue weighted by molar-refractivity contribution is 6.18. The largest absolute Gasteiger partial charge is 0.385 e. The summed E-state index contributed by atoms with van der Waals surface area (Å²) in [6.45, 7) is 0.745. The summed E-state index contributed by atoms with van der Waals surface area (Å²) >= 11 is 5.89. The predicted molar refractivity (Wildman–Crippen MR) is 61.0 cm³/mol. The van der Waals surface area contributed by atoms with Crippen LogP contribution < -0.4 is 0 Å². The average Bonchev–Trinajstić information content (AvgIpc) is 2.26. The molecule has 0 saturated heterocycles. The minimum absolute atomic E-state index is 0.205. The summed E-state index contributed by atoms with van der Waals surface area (Å²) in [5, 5.41) is 0. The number of benzene rings is 1. The van der Waals surface area contributed by atoms with Crippen molar-refractivity contribution in [1.82, 2.24) is 0 Å². The van der Waals surface area contributed by atoms with Crippen LogP contribution in [-0.4, -0.2) is 19.6 Å². The van der Waals surface area contributed by atoms with Gasteiger partial charge >= 0.3 is 0 Å². The van der Waals surface area contributed by atoms with Crippen LogP contribution in [0, 0.1) is 5.82 Å². The summed E-state index contributed by atoms with van der Waals surface area (Å²) in [4.78, 5) is 0. The molecule has 84 valence electrons. The number of alkyl halides is 1. The molecule has 0 aliphatic carbocycles. The fraction of sp³-hybridized carbons (Fsp3) is 0.500. The highest BCUT2D eigenvalue weighted by Crippen LogP contribution is 2.22. The van der Waals surface area contributed by atoms with E-state index in [0.717, 1.165) is 25.0 Å². The van der Waals surface area contributed by atoms with Crippen molar-refractivity contribution in [1.29, 1.82) is 0 Å². The lowest BCUT2D eigenvalue weighted by atomic mass is 9.96. The first-order valence-corrected chi connectivity index (χ1v) is 5.61. The van der Waals surface area contributed by atoms with Gasteiger partial charge < -0.3 is 4.74 Å². The van der Waals surface area contributed by atoms with E-state index in [0.29, 0.717) is 11.8 Å². The third-order valence-corrected chi connectivity index (χ3v) is 2.80. The zero-order chi connectivity index (χ0) is 11.1. The molecule has 0 radical (unpaired) electrons. The lowest BCUT2D eigenvalue weighted by molar-refractivity contribution is 0.191. The standard InChI is InChI=1S/C12H16ClFO/c1-15-8-2-3-11(9-13)10-4-6-12(14)7-5-10/h4-7,11H,2-3,8-9H2,1H3. The number of rotatable bonds is 6. The molecular weight excluding hydrogens is 215 g/mol. The van der Waals surface area contributed by atoms with Crippen LogP contribution >= 0.6 is 11.6 Å². The number of halogens is 2. The molecule has 1 atom stereocenters. The van der Waals surface area contributed by atoms with Crippen molar-refractivity contribution in [2.75, 3.05) is 19.6 Å². The smallest absolute Gasteiger partial charge is 0.123 e. The minimum atomic E-state index is -0.205. The monoisotopic (exact) mass is 230 g/mol. The summed E-state index contributed by atoms with van der Waals surface area (Å²) in [5.74, 6) is 0.654. The van der Waals surface area contributed by atoms with Gasteiger partial charge in [-0.15, -0.1) is 11.6 Å². The van der Waals surface area contributed by atoms with Gasteiger partial charge in [0.25, 0.3) is 0 Å². The SMILES string of the molecule is COCCCC(CCl)c1ccc(F)cc1. The molecule has 3 heteroatoms. The van der Waals surface area contributed by atoms with Gasteiger partial charge in [0, 0.05) is 19.6 Å². The molecule has 1 aromatic carbocycles. The molecule has 1 aromatic rings. The van der Waals surface area contributed by atoms with Crippen LogP contribution in [-0.2, 0) is 4.74 Å². The zero-order valence-corrected chi connectivity index (χ0v) is 9.64. The highest BCUT2D eigenvalue weighted by Gasteiger charge is 2.09. The number of ether oxygens (including phenoxy) is 1. The maximum atomic E-state index is 12.7. The van der Waals surface area contributed by atoms with Crippen LogP contribution in [0.15, 0.2) is 24.3 Å². The van der Waals surface area contributed by atoms with Crippen molar-refractivity contribution >= 4 is 11.6 Å². The van der Waals surface area contributed by atoms with Gasteiger partial charge in [-0.1, -0.05) is 12.1 Å². The molecule has 0 aliphatic heterocycles. The number of hydrogen-bond acceptors (Lipinski definition) is 1. The summed E-state index contributed by atoms with van der Waals surface area (Å²) in [7, 11) is 1.69. The Balaban J connectivity index is 2.53. The number of hydrogen-bond donors (Lipinski definition) is 0. The van der Waals surface area contributed by atoms with Crippen LogP contribution in [0.1, 0.15) is 24.3 Å². The van der Waals surface area contributed by atoms with E-state index in [2.05, 4.69) is 0 Å². The van der Waals surface area contributed by atoms with Crippen molar-refractivity contribution in [2.24, 2.45) is 0 Å². The average molecular weight is 231 g/mol. The molecule has 0 heterocycles. The Hall–Kier alpha value is -0.600. The van der Waals surface area contributed by atoms with E-state index in [1.807, 2.05) is 0 Å². The molecule has 15 heavy (non-hydrogen) atoms. The Morgan fingerprint density at radius 1 is 1.33 bits per heavy atom. The van der Waals surface area contributed by atoms with Crippen molar-refractivity contribution in [3.8, 4) is 0 Å². The second-order valence-corrected chi connectivity index (χ2v) is 3.85. The van der Waals surface area contributed by atoms with Gasteiger partial charge in [-0.2, -0.15) is 0 Å². The third-order valence-electron chi connectivity index (χ3n) is 2.43. The molecule has 0 bridgehead atoms. The van der Waals surface area contributed by atoms with Crippen LogP contribution in [0.4, 0.5) is 4.39 Å². The van der Waals surface area contributed by atoms with Crippen molar-refractivity contribution in [3.05, 3.63) is 35.6 Å². The number of methoxy groups -OCH3 is 1. The quantitative estimate of drug-likeness (QED) is 0.536.